The third kappa shape index (κ3) is 3.92. The van der Waals surface area contributed by atoms with Crippen molar-refractivity contribution < 1.29 is 4.79 Å². The lowest BCUT2D eigenvalue weighted by atomic mass is 10.3. The standard InChI is InChI=1S/C14H22N4O/c1-3-4-14(19)16-12-5-6-13(15-11-12)18-9-7-17(2)8-10-18/h5-6,11H,3-4,7-10H2,1-2H3,(H,16,19). The number of carbonyl (C=O) groups excluding carboxylic acids is 1. The molecule has 1 aromatic rings. The summed E-state index contributed by atoms with van der Waals surface area (Å²) in [7, 11) is 2.14. The molecule has 5 nitrogen and oxygen atoms in total. The third-order valence-corrected chi connectivity index (χ3v) is 3.34. The maximum absolute atomic E-state index is 11.5. The molecule has 104 valence electrons. The van der Waals surface area contributed by atoms with Gasteiger partial charge < -0.3 is 15.1 Å². The van der Waals surface area contributed by atoms with Gasteiger partial charge in [-0.1, -0.05) is 6.92 Å². The summed E-state index contributed by atoms with van der Waals surface area (Å²) >= 11 is 0. The van der Waals surface area contributed by atoms with Gasteiger partial charge in [0.05, 0.1) is 11.9 Å². The second kappa shape index (κ2) is 6.52. The molecule has 1 fully saturated rings. The molecule has 1 aromatic heterocycles. The highest BCUT2D eigenvalue weighted by Gasteiger charge is 2.14. The predicted octanol–water partition coefficient (Wildman–Crippen LogP) is 1.57. The molecule has 2 rings (SSSR count). The maximum atomic E-state index is 11.5. The first kappa shape index (κ1) is 13.8. The van der Waals surface area contributed by atoms with Gasteiger partial charge in [-0.25, -0.2) is 4.98 Å². The van der Waals surface area contributed by atoms with E-state index < -0.39 is 0 Å². The average Bonchev–Trinajstić information content (AvgIpc) is 2.41. The maximum Gasteiger partial charge on any atom is 0.224 e. The summed E-state index contributed by atoms with van der Waals surface area (Å²) < 4.78 is 0. The van der Waals surface area contributed by atoms with Gasteiger partial charge in [-0.2, -0.15) is 0 Å². The van der Waals surface area contributed by atoms with E-state index in [0.717, 1.165) is 44.1 Å². The van der Waals surface area contributed by atoms with Crippen molar-refractivity contribution in [2.75, 3.05) is 43.4 Å². The van der Waals surface area contributed by atoms with Crippen molar-refractivity contribution in [1.29, 1.82) is 0 Å². The van der Waals surface area contributed by atoms with Crippen LogP contribution in [-0.2, 0) is 4.79 Å². The summed E-state index contributed by atoms with van der Waals surface area (Å²) in [5.74, 6) is 1.04. The Morgan fingerprint density at radius 2 is 2.05 bits per heavy atom. The molecule has 0 radical (unpaired) electrons. The van der Waals surface area contributed by atoms with Gasteiger partial charge >= 0.3 is 0 Å². The zero-order valence-electron chi connectivity index (χ0n) is 11.7. The van der Waals surface area contributed by atoms with Crippen LogP contribution in [-0.4, -0.2) is 49.0 Å². The molecular formula is C14H22N4O. The molecule has 1 aliphatic rings. The van der Waals surface area contributed by atoms with E-state index >= 15 is 0 Å². The van der Waals surface area contributed by atoms with Gasteiger partial charge in [0.25, 0.3) is 0 Å². The highest BCUT2D eigenvalue weighted by molar-refractivity contribution is 5.90. The minimum Gasteiger partial charge on any atom is -0.354 e. The number of pyridine rings is 1. The molecule has 0 atom stereocenters. The predicted molar refractivity (Wildman–Crippen MR) is 77.5 cm³/mol. The van der Waals surface area contributed by atoms with E-state index in [9.17, 15) is 4.79 Å². The zero-order chi connectivity index (χ0) is 13.7. The Morgan fingerprint density at radius 1 is 1.32 bits per heavy atom. The van der Waals surface area contributed by atoms with E-state index in [1.54, 1.807) is 6.20 Å². The first-order chi connectivity index (χ1) is 9.19. The summed E-state index contributed by atoms with van der Waals surface area (Å²) in [5, 5.41) is 2.85. The summed E-state index contributed by atoms with van der Waals surface area (Å²) in [5.41, 5.74) is 0.774. The van der Waals surface area contributed by atoms with Crippen LogP contribution in [0, 0.1) is 0 Å². The highest BCUT2D eigenvalue weighted by atomic mass is 16.1. The molecular weight excluding hydrogens is 240 g/mol. The Balaban J connectivity index is 1.92. The molecule has 19 heavy (non-hydrogen) atoms. The number of nitrogens with one attached hydrogen (secondary N) is 1. The van der Waals surface area contributed by atoms with Gasteiger partial charge in [0, 0.05) is 32.6 Å². The number of hydrogen-bond donors (Lipinski definition) is 1. The summed E-state index contributed by atoms with van der Waals surface area (Å²) in [4.78, 5) is 20.5. The number of anilines is 2. The Bertz CT molecular complexity index is 410. The van der Waals surface area contributed by atoms with Crippen LogP contribution in [0.25, 0.3) is 0 Å². The van der Waals surface area contributed by atoms with Crippen LogP contribution in [0.2, 0.25) is 0 Å². The molecule has 0 unspecified atom stereocenters. The fourth-order valence-corrected chi connectivity index (χ4v) is 2.13. The van der Waals surface area contributed by atoms with E-state index in [1.807, 2.05) is 19.1 Å². The van der Waals surface area contributed by atoms with Gasteiger partial charge in [-0.3, -0.25) is 4.79 Å². The number of likely N-dealkylation sites (N-methyl/N-ethyl adjacent to an activating group) is 1. The van der Waals surface area contributed by atoms with Crippen LogP contribution < -0.4 is 10.2 Å². The summed E-state index contributed by atoms with van der Waals surface area (Å²) in [6.45, 7) is 6.14. The summed E-state index contributed by atoms with van der Waals surface area (Å²) in [6.07, 6.45) is 3.15. The fourth-order valence-electron chi connectivity index (χ4n) is 2.13. The highest BCUT2D eigenvalue weighted by Crippen LogP contribution is 2.16. The molecule has 0 saturated carbocycles. The largest absolute Gasteiger partial charge is 0.354 e. The van der Waals surface area contributed by atoms with Crippen LogP contribution in [0.1, 0.15) is 19.8 Å². The van der Waals surface area contributed by atoms with E-state index in [-0.39, 0.29) is 5.91 Å². The molecule has 0 bridgehead atoms. The van der Waals surface area contributed by atoms with Crippen molar-refractivity contribution in [2.45, 2.75) is 19.8 Å². The van der Waals surface area contributed by atoms with E-state index in [2.05, 4.69) is 27.1 Å². The van der Waals surface area contributed by atoms with Crippen LogP contribution in [0.3, 0.4) is 0 Å². The topological polar surface area (TPSA) is 48.5 Å². The molecule has 5 heteroatoms. The van der Waals surface area contributed by atoms with Gasteiger partial charge in [0.2, 0.25) is 5.91 Å². The lowest BCUT2D eigenvalue weighted by Crippen LogP contribution is -2.44. The minimum atomic E-state index is 0.0525. The van der Waals surface area contributed by atoms with Crippen LogP contribution in [0.5, 0.6) is 0 Å². The van der Waals surface area contributed by atoms with Crippen molar-refractivity contribution in [1.82, 2.24) is 9.88 Å². The van der Waals surface area contributed by atoms with Gasteiger partial charge in [0.15, 0.2) is 0 Å². The summed E-state index contributed by atoms with van der Waals surface area (Å²) in [6, 6.07) is 3.90. The Kier molecular flexibility index (Phi) is 4.74. The molecule has 1 saturated heterocycles. The second-order valence-corrected chi connectivity index (χ2v) is 4.99. The van der Waals surface area contributed by atoms with Gasteiger partial charge in [-0.15, -0.1) is 0 Å². The molecule has 0 aromatic carbocycles. The van der Waals surface area contributed by atoms with Gasteiger partial charge in [0.1, 0.15) is 5.82 Å². The average molecular weight is 262 g/mol. The second-order valence-electron chi connectivity index (χ2n) is 4.99. The van der Waals surface area contributed by atoms with E-state index in [1.165, 1.54) is 0 Å². The Morgan fingerprint density at radius 3 is 2.63 bits per heavy atom. The molecule has 2 heterocycles. The van der Waals surface area contributed by atoms with Crippen molar-refractivity contribution in [2.24, 2.45) is 0 Å². The first-order valence-electron chi connectivity index (χ1n) is 6.88. The van der Waals surface area contributed by atoms with E-state index in [4.69, 9.17) is 0 Å². The molecule has 1 amide bonds. The molecule has 0 spiro atoms. The van der Waals surface area contributed by atoms with Crippen molar-refractivity contribution >= 4 is 17.4 Å². The third-order valence-electron chi connectivity index (χ3n) is 3.34. The fraction of sp³-hybridized carbons (Fsp3) is 0.571. The monoisotopic (exact) mass is 262 g/mol. The first-order valence-corrected chi connectivity index (χ1v) is 6.88. The number of nitrogens with zero attached hydrogens (tertiary/aromatic N) is 3. The molecule has 0 aliphatic carbocycles. The van der Waals surface area contributed by atoms with Crippen molar-refractivity contribution in [3.8, 4) is 0 Å². The number of hydrogen-bond acceptors (Lipinski definition) is 4. The zero-order valence-corrected chi connectivity index (χ0v) is 11.7. The minimum absolute atomic E-state index is 0.0525. The smallest absolute Gasteiger partial charge is 0.224 e. The lowest BCUT2D eigenvalue weighted by Gasteiger charge is -2.33. The van der Waals surface area contributed by atoms with E-state index in [0.29, 0.717) is 6.42 Å². The number of rotatable bonds is 4. The Hall–Kier alpha value is -1.62. The van der Waals surface area contributed by atoms with Crippen LogP contribution >= 0.6 is 0 Å². The van der Waals surface area contributed by atoms with Crippen LogP contribution in [0.15, 0.2) is 18.3 Å². The quantitative estimate of drug-likeness (QED) is 0.895. The van der Waals surface area contributed by atoms with Gasteiger partial charge in [-0.05, 0) is 25.6 Å². The number of carbonyl (C=O) groups is 1. The molecule has 1 aliphatic heterocycles. The lowest BCUT2D eigenvalue weighted by molar-refractivity contribution is -0.116. The molecule has 1 N–H and O–H groups in total. The van der Waals surface area contributed by atoms with Crippen molar-refractivity contribution in [3.63, 3.8) is 0 Å². The normalized spacial score (nSPS) is 16.4. The SMILES string of the molecule is CCCC(=O)Nc1ccc(N2CCN(C)CC2)nc1. The number of amides is 1. The van der Waals surface area contributed by atoms with Crippen LogP contribution in [0.4, 0.5) is 11.5 Å². The number of piperazine rings is 1. The Labute approximate surface area is 114 Å². The van der Waals surface area contributed by atoms with Crippen molar-refractivity contribution in [3.05, 3.63) is 18.3 Å². The number of aromatic nitrogens is 1.